The summed E-state index contributed by atoms with van der Waals surface area (Å²) in [6.07, 6.45) is 1.61. The normalized spacial score (nSPS) is 12.6. The molecule has 19 heavy (non-hydrogen) atoms. The van der Waals surface area contributed by atoms with Gasteiger partial charge in [0, 0.05) is 5.56 Å². The summed E-state index contributed by atoms with van der Waals surface area (Å²) in [4.78, 5) is 11.2. The van der Waals surface area contributed by atoms with E-state index in [0.717, 1.165) is 5.56 Å². The molecule has 0 fully saturated rings. The van der Waals surface area contributed by atoms with Gasteiger partial charge in [0.2, 0.25) is 0 Å². The molecule has 1 atom stereocenters. The molecule has 0 saturated carbocycles. The van der Waals surface area contributed by atoms with Gasteiger partial charge in [0.15, 0.2) is 6.04 Å². The van der Waals surface area contributed by atoms with Crippen molar-refractivity contribution in [2.45, 2.75) is 19.9 Å². The molecule has 5 nitrogen and oxygen atoms in total. The van der Waals surface area contributed by atoms with E-state index in [9.17, 15) is 9.90 Å². The van der Waals surface area contributed by atoms with E-state index in [0.29, 0.717) is 10.7 Å². The van der Waals surface area contributed by atoms with Gasteiger partial charge in [-0.25, -0.2) is 9.48 Å². The van der Waals surface area contributed by atoms with E-state index in [-0.39, 0.29) is 5.92 Å². The van der Waals surface area contributed by atoms with Gasteiger partial charge in [-0.15, -0.1) is 5.10 Å². The van der Waals surface area contributed by atoms with E-state index in [2.05, 4.69) is 10.3 Å². The van der Waals surface area contributed by atoms with Crippen molar-refractivity contribution in [1.29, 1.82) is 0 Å². The van der Waals surface area contributed by atoms with E-state index < -0.39 is 12.0 Å². The van der Waals surface area contributed by atoms with Gasteiger partial charge in [-0.1, -0.05) is 48.9 Å². The first-order valence-electron chi connectivity index (χ1n) is 5.90. The van der Waals surface area contributed by atoms with Crippen molar-refractivity contribution >= 4 is 17.6 Å². The highest BCUT2D eigenvalue weighted by Gasteiger charge is 2.25. The number of benzene rings is 1. The monoisotopic (exact) mass is 279 g/mol. The molecule has 0 saturated heterocycles. The van der Waals surface area contributed by atoms with E-state index in [4.69, 9.17) is 11.6 Å². The molecule has 2 rings (SSSR count). The fourth-order valence-corrected chi connectivity index (χ4v) is 2.14. The fourth-order valence-electron chi connectivity index (χ4n) is 1.91. The first-order valence-corrected chi connectivity index (χ1v) is 6.28. The van der Waals surface area contributed by atoms with Gasteiger partial charge in [-0.05, 0) is 12.0 Å². The van der Waals surface area contributed by atoms with Gasteiger partial charge in [0.05, 0.1) is 11.2 Å². The molecule has 1 aromatic carbocycles. The Morgan fingerprint density at radius 1 is 1.37 bits per heavy atom. The maximum absolute atomic E-state index is 11.2. The fraction of sp³-hybridized carbons (Fsp3) is 0.308. The van der Waals surface area contributed by atoms with Crippen LogP contribution in [0.25, 0.3) is 11.3 Å². The van der Waals surface area contributed by atoms with Gasteiger partial charge < -0.3 is 5.11 Å². The molecule has 0 radical (unpaired) electrons. The zero-order chi connectivity index (χ0) is 14.0. The van der Waals surface area contributed by atoms with Crippen LogP contribution in [0.4, 0.5) is 0 Å². The summed E-state index contributed by atoms with van der Waals surface area (Å²) in [7, 11) is 0. The highest BCUT2D eigenvalue weighted by Crippen LogP contribution is 2.27. The Balaban J connectivity index is 2.39. The Hall–Kier alpha value is -1.88. The van der Waals surface area contributed by atoms with Gasteiger partial charge in [0.1, 0.15) is 5.69 Å². The van der Waals surface area contributed by atoms with Crippen molar-refractivity contribution in [1.82, 2.24) is 15.0 Å². The van der Waals surface area contributed by atoms with Crippen LogP contribution in [0, 0.1) is 5.92 Å². The van der Waals surface area contributed by atoms with Crippen LogP contribution in [0.1, 0.15) is 19.9 Å². The molecule has 1 N–H and O–H groups in total. The third-order valence-electron chi connectivity index (χ3n) is 2.83. The van der Waals surface area contributed by atoms with Crippen molar-refractivity contribution in [3.05, 3.63) is 35.5 Å². The molecule has 0 aliphatic rings. The highest BCUT2D eigenvalue weighted by atomic mass is 35.5. The van der Waals surface area contributed by atoms with Crippen molar-refractivity contribution in [3.8, 4) is 11.3 Å². The molecule has 0 aliphatic heterocycles. The van der Waals surface area contributed by atoms with Crippen molar-refractivity contribution in [3.63, 3.8) is 0 Å². The molecule has 100 valence electrons. The smallest absolute Gasteiger partial charge is 0.328 e. The molecular formula is C13H14ClN3O2. The first kappa shape index (κ1) is 13.5. The topological polar surface area (TPSA) is 68.0 Å². The van der Waals surface area contributed by atoms with Crippen molar-refractivity contribution in [2.75, 3.05) is 0 Å². The largest absolute Gasteiger partial charge is 0.480 e. The molecule has 1 heterocycles. The third-order valence-corrected chi connectivity index (χ3v) is 3.16. The Morgan fingerprint density at radius 2 is 2.05 bits per heavy atom. The van der Waals surface area contributed by atoms with Crippen molar-refractivity contribution in [2.24, 2.45) is 5.92 Å². The maximum Gasteiger partial charge on any atom is 0.328 e. The third kappa shape index (κ3) is 2.76. The summed E-state index contributed by atoms with van der Waals surface area (Å²) in [5.74, 6) is -1.01. The lowest BCUT2D eigenvalue weighted by Gasteiger charge is -2.15. The number of hydrogen-bond donors (Lipinski definition) is 1. The highest BCUT2D eigenvalue weighted by molar-refractivity contribution is 6.33. The maximum atomic E-state index is 11.2. The Bertz CT molecular complexity index is 595. The molecule has 2 aromatic rings. The Morgan fingerprint density at radius 3 is 2.63 bits per heavy atom. The summed E-state index contributed by atoms with van der Waals surface area (Å²) in [5, 5.41) is 17.7. The average Bonchev–Trinajstić information content (AvgIpc) is 2.77. The predicted molar refractivity (Wildman–Crippen MR) is 72.0 cm³/mol. The summed E-state index contributed by atoms with van der Waals surface area (Å²) in [6.45, 7) is 3.66. The minimum absolute atomic E-state index is 0.0849. The Kier molecular flexibility index (Phi) is 3.85. The lowest BCUT2D eigenvalue weighted by Crippen LogP contribution is -2.24. The lowest BCUT2D eigenvalue weighted by molar-refractivity contribution is -0.142. The predicted octanol–water partition coefficient (Wildman–Crippen LogP) is 2.88. The lowest BCUT2D eigenvalue weighted by atomic mass is 10.1. The minimum atomic E-state index is -0.925. The minimum Gasteiger partial charge on any atom is -0.480 e. The Labute approximate surface area is 115 Å². The van der Waals surface area contributed by atoms with Crippen LogP contribution >= 0.6 is 11.6 Å². The van der Waals surface area contributed by atoms with Crippen LogP contribution in [0.3, 0.4) is 0 Å². The summed E-state index contributed by atoms with van der Waals surface area (Å²) < 4.78 is 1.37. The second kappa shape index (κ2) is 5.40. The van der Waals surface area contributed by atoms with Crippen LogP contribution in [0.15, 0.2) is 30.5 Å². The van der Waals surface area contributed by atoms with Crippen LogP contribution in [-0.4, -0.2) is 26.1 Å². The first-order chi connectivity index (χ1) is 9.00. The summed E-state index contributed by atoms with van der Waals surface area (Å²) in [5.41, 5.74) is 1.31. The molecule has 0 spiro atoms. The number of carboxylic acids is 1. The number of halogens is 1. The van der Waals surface area contributed by atoms with Gasteiger partial charge in [-0.2, -0.15) is 0 Å². The van der Waals surface area contributed by atoms with E-state index in [1.54, 1.807) is 12.3 Å². The number of hydrogen-bond acceptors (Lipinski definition) is 3. The number of carboxylic acid groups (broad SMARTS) is 1. The molecule has 6 heteroatoms. The van der Waals surface area contributed by atoms with Crippen LogP contribution in [-0.2, 0) is 4.79 Å². The molecule has 1 unspecified atom stereocenters. The van der Waals surface area contributed by atoms with E-state index in [1.807, 2.05) is 32.0 Å². The molecule has 1 aromatic heterocycles. The molecule has 0 aliphatic carbocycles. The average molecular weight is 280 g/mol. The van der Waals surface area contributed by atoms with E-state index in [1.165, 1.54) is 4.68 Å². The second-order valence-electron chi connectivity index (χ2n) is 4.59. The number of carbonyl (C=O) groups is 1. The molecular weight excluding hydrogens is 266 g/mol. The zero-order valence-corrected chi connectivity index (χ0v) is 11.4. The van der Waals surface area contributed by atoms with Gasteiger partial charge >= 0.3 is 5.97 Å². The summed E-state index contributed by atoms with van der Waals surface area (Å²) >= 11 is 6.08. The standard InChI is InChI=1S/C13H14ClN3O2/c1-8(2)12(13(18)19)17-7-11(15-16-17)9-5-3-4-6-10(9)14/h3-8,12H,1-2H3,(H,18,19). The van der Waals surface area contributed by atoms with Crippen LogP contribution in [0.2, 0.25) is 5.02 Å². The van der Waals surface area contributed by atoms with Crippen LogP contribution in [0.5, 0.6) is 0 Å². The summed E-state index contributed by atoms with van der Waals surface area (Å²) in [6, 6.07) is 6.51. The number of rotatable bonds is 4. The zero-order valence-electron chi connectivity index (χ0n) is 10.6. The number of aromatic nitrogens is 3. The van der Waals surface area contributed by atoms with Crippen molar-refractivity contribution < 1.29 is 9.90 Å². The van der Waals surface area contributed by atoms with E-state index >= 15 is 0 Å². The SMILES string of the molecule is CC(C)C(C(=O)O)n1cc(-c2ccccc2Cl)nn1. The van der Waals surface area contributed by atoms with Crippen LogP contribution < -0.4 is 0 Å². The number of nitrogens with zero attached hydrogens (tertiary/aromatic N) is 3. The number of aliphatic carboxylic acids is 1. The molecule has 0 bridgehead atoms. The van der Waals surface area contributed by atoms with Gasteiger partial charge in [0.25, 0.3) is 0 Å². The quantitative estimate of drug-likeness (QED) is 0.934. The second-order valence-corrected chi connectivity index (χ2v) is 5.00. The molecule has 0 amide bonds. The van der Waals surface area contributed by atoms with Gasteiger partial charge in [-0.3, -0.25) is 0 Å².